The van der Waals surface area contributed by atoms with Crippen LogP contribution in [0.1, 0.15) is 41.6 Å². The van der Waals surface area contributed by atoms with Crippen molar-refractivity contribution in [2.75, 3.05) is 30.0 Å². The molecule has 0 N–H and O–H groups in total. The van der Waals surface area contributed by atoms with Crippen LogP contribution >= 0.6 is 11.8 Å². The quantitative estimate of drug-likeness (QED) is 0.616. The van der Waals surface area contributed by atoms with Crippen LogP contribution in [0, 0.1) is 5.92 Å². The maximum absolute atomic E-state index is 14.0. The van der Waals surface area contributed by atoms with E-state index in [4.69, 9.17) is 9.47 Å². The van der Waals surface area contributed by atoms with Crippen LogP contribution in [0.15, 0.2) is 47.4 Å². The van der Waals surface area contributed by atoms with Crippen LogP contribution in [-0.2, 0) is 21.1 Å². The summed E-state index contributed by atoms with van der Waals surface area (Å²) in [5, 5.41) is 0. The third-order valence-electron chi connectivity index (χ3n) is 6.89. The van der Waals surface area contributed by atoms with E-state index in [0.29, 0.717) is 17.2 Å². The summed E-state index contributed by atoms with van der Waals surface area (Å²) in [6.07, 6.45) is 4.43. The number of ether oxygens (including phenoxy) is 2. The third kappa shape index (κ3) is 3.46. The normalized spacial score (nSPS) is 22.8. The molecule has 2 heterocycles. The lowest BCUT2D eigenvalue weighted by atomic mass is 9.70. The Labute approximate surface area is 190 Å². The summed E-state index contributed by atoms with van der Waals surface area (Å²) in [5.41, 5.74) is 2.67. The first kappa shape index (κ1) is 20.9. The van der Waals surface area contributed by atoms with Crippen molar-refractivity contribution in [3.63, 3.8) is 0 Å². The number of nitrogens with zero attached hydrogens (tertiary/aromatic N) is 1. The zero-order valence-electron chi connectivity index (χ0n) is 17.8. The smallest absolute Gasteiger partial charge is 0.337 e. The molecule has 7 heteroatoms. The number of anilines is 1. The molecule has 2 aromatic rings. The zero-order valence-corrected chi connectivity index (χ0v) is 19.5. The highest BCUT2D eigenvalue weighted by molar-refractivity contribution is 7.99. The highest BCUT2D eigenvalue weighted by Crippen LogP contribution is 2.59. The maximum atomic E-state index is 14.0. The number of fused-ring (bicyclic) bond motifs is 2. The number of rotatable bonds is 5. The van der Waals surface area contributed by atoms with Crippen molar-refractivity contribution in [1.29, 1.82) is 0 Å². The van der Waals surface area contributed by atoms with Gasteiger partial charge in [-0.05, 0) is 85.1 Å². The number of carbonyl (C=O) groups is 1. The summed E-state index contributed by atoms with van der Waals surface area (Å²) in [6, 6.07) is 13.5. The maximum Gasteiger partial charge on any atom is 0.337 e. The molecule has 1 aliphatic carbocycles. The van der Waals surface area contributed by atoms with Crippen molar-refractivity contribution in [3.05, 3.63) is 53.6 Å². The Morgan fingerprint density at radius 1 is 1.13 bits per heavy atom. The summed E-state index contributed by atoms with van der Waals surface area (Å²) in [7, 11) is 1.69. The van der Waals surface area contributed by atoms with Gasteiger partial charge in [-0.3, -0.25) is 4.31 Å². The van der Waals surface area contributed by atoms with Gasteiger partial charge in [0.2, 0.25) is 0 Å². The van der Waals surface area contributed by atoms with E-state index in [2.05, 4.69) is 4.31 Å². The highest BCUT2D eigenvalue weighted by Gasteiger charge is 2.58. The summed E-state index contributed by atoms with van der Waals surface area (Å²) in [6.45, 7) is 0. The van der Waals surface area contributed by atoms with Gasteiger partial charge in [0.1, 0.15) is 5.75 Å². The van der Waals surface area contributed by atoms with E-state index in [0.717, 1.165) is 34.9 Å². The molecule has 31 heavy (non-hydrogen) atoms. The van der Waals surface area contributed by atoms with Gasteiger partial charge in [0.25, 0.3) is 0 Å². The molecule has 2 aliphatic heterocycles. The van der Waals surface area contributed by atoms with Gasteiger partial charge in [-0.25, -0.2) is 9.00 Å². The van der Waals surface area contributed by atoms with Gasteiger partial charge in [-0.1, -0.05) is 6.07 Å². The molecule has 1 spiro atoms. The zero-order chi connectivity index (χ0) is 21.6. The molecule has 164 valence electrons. The molecule has 2 unspecified atom stereocenters. The Balaban J connectivity index is 1.66. The largest absolute Gasteiger partial charge is 0.497 e. The highest BCUT2D eigenvalue weighted by atomic mass is 32.2. The predicted octanol–water partition coefficient (Wildman–Crippen LogP) is 4.57. The minimum Gasteiger partial charge on any atom is -0.497 e. The van der Waals surface area contributed by atoms with Crippen LogP contribution in [0.25, 0.3) is 0 Å². The second-order valence-corrected chi connectivity index (χ2v) is 11.1. The molecule has 2 atom stereocenters. The SMILES string of the molecule is COC(=O)c1ccc2c(c1)C1(CCSCC1)C(C1CC1)N2S(=O)c1cccc(OC)c1. The van der Waals surface area contributed by atoms with E-state index < -0.39 is 11.0 Å². The van der Waals surface area contributed by atoms with E-state index in [9.17, 15) is 9.00 Å². The molecule has 5 rings (SSSR count). The molecule has 1 saturated heterocycles. The van der Waals surface area contributed by atoms with Crippen LogP contribution in [0.3, 0.4) is 0 Å². The molecule has 5 nitrogen and oxygen atoms in total. The molecule has 0 aromatic heterocycles. The fraction of sp³-hybridized carbons (Fsp3) is 0.458. The minimum absolute atomic E-state index is 0.0691. The number of benzene rings is 2. The van der Waals surface area contributed by atoms with Crippen LogP contribution in [0.2, 0.25) is 0 Å². The van der Waals surface area contributed by atoms with Crippen molar-refractivity contribution in [2.45, 2.75) is 42.0 Å². The molecule has 0 amide bonds. The van der Waals surface area contributed by atoms with E-state index >= 15 is 0 Å². The van der Waals surface area contributed by atoms with Crippen molar-refractivity contribution in [3.8, 4) is 5.75 Å². The third-order valence-corrected chi connectivity index (χ3v) is 9.31. The molecular weight excluding hydrogens is 430 g/mol. The van der Waals surface area contributed by atoms with Crippen LogP contribution in [-0.4, -0.2) is 41.9 Å². The Morgan fingerprint density at radius 2 is 1.90 bits per heavy atom. The summed E-state index contributed by atoms with van der Waals surface area (Å²) >= 11 is 1.99. The monoisotopic (exact) mass is 457 g/mol. The first-order chi connectivity index (χ1) is 15.1. The van der Waals surface area contributed by atoms with Gasteiger partial charge >= 0.3 is 5.97 Å². The summed E-state index contributed by atoms with van der Waals surface area (Å²) in [5.74, 6) is 3.10. The van der Waals surface area contributed by atoms with Gasteiger partial charge in [-0.15, -0.1) is 0 Å². The number of hydrogen-bond donors (Lipinski definition) is 0. The van der Waals surface area contributed by atoms with Crippen molar-refractivity contribution in [1.82, 2.24) is 0 Å². The number of hydrogen-bond acceptors (Lipinski definition) is 5. The number of thioether (sulfide) groups is 1. The Bertz CT molecular complexity index is 1030. The molecule has 0 radical (unpaired) electrons. The van der Waals surface area contributed by atoms with E-state index in [1.54, 1.807) is 13.2 Å². The van der Waals surface area contributed by atoms with Crippen molar-refractivity contribution in [2.24, 2.45) is 5.92 Å². The lowest BCUT2D eigenvalue weighted by molar-refractivity contribution is 0.0600. The Kier molecular flexibility index (Phi) is 5.51. The standard InChI is InChI=1S/C24H27NO4S2/c1-28-18-4-3-5-19(15-18)31(27)25-21-9-8-17(23(26)29-2)14-20(21)24(10-12-30-13-11-24)22(25)16-6-7-16/h3-5,8-9,14-16,22H,6-7,10-13H2,1-2H3. The van der Waals surface area contributed by atoms with Crippen molar-refractivity contribution < 1.29 is 18.5 Å². The number of esters is 1. The lowest BCUT2D eigenvalue weighted by Crippen LogP contribution is -2.49. The Hall–Kier alpha value is -1.99. The van der Waals surface area contributed by atoms with Gasteiger partial charge in [0, 0.05) is 5.41 Å². The number of carbonyl (C=O) groups excluding carboxylic acids is 1. The number of methoxy groups -OCH3 is 2. The van der Waals surface area contributed by atoms with E-state index in [-0.39, 0.29) is 17.4 Å². The second-order valence-electron chi connectivity index (χ2n) is 8.53. The summed E-state index contributed by atoms with van der Waals surface area (Å²) < 4.78 is 26.5. The molecule has 0 bridgehead atoms. The average Bonchev–Trinajstić information content (AvgIpc) is 3.63. The lowest BCUT2D eigenvalue weighted by Gasteiger charge is -2.41. The van der Waals surface area contributed by atoms with Gasteiger partial charge in [0.15, 0.2) is 11.0 Å². The van der Waals surface area contributed by atoms with Gasteiger partial charge in [-0.2, -0.15) is 11.8 Å². The first-order valence-corrected chi connectivity index (χ1v) is 13.0. The van der Waals surface area contributed by atoms with Crippen LogP contribution < -0.4 is 9.04 Å². The average molecular weight is 458 g/mol. The van der Waals surface area contributed by atoms with E-state index in [1.165, 1.54) is 25.5 Å². The fourth-order valence-corrected chi connectivity index (χ4v) is 8.06. The van der Waals surface area contributed by atoms with Crippen molar-refractivity contribution >= 4 is 34.4 Å². The molecular formula is C24H27NO4S2. The topological polar surface area (TPSA) is 55.8 Å². The molecule has 2 fully saturated rings. The van der Waals surface area contributed by atoms with Gasteiger partial charge in [0.05, 0.1) is 36.4 Å². The van der Waals surface area contributed by atoms with Crippen LogP contribution in [0.5, 0.6) is 5.75 Å². The van der Waals surface area contributed by atoms with Crippen LogP contribution in [0.4, 0.5) is 5.69 Å². The molecule has 1 saturated carbocycles. The second kappa shape index (κ2) is 8.17. The fourth-order valence-electron chi connectivity index (χ4n) is 5.28. The minimum atomic E-state index is -1.36. The Morgan fingerprint density at radius 3 is 2.58 bits per heavy atom. The summed E-state index contributed by atoms with van der Waals surface area (Å²) in [4.78, 5) is 13.1. The van der Waals surface area contributed by atoms with Gasteiger partial charge < -0.3 is 9.47 Å². The van der Waals surface area contributed by atoms with E-state index in [1.807, 2.05) is 48.2 Å². The molecule has 3 aliphatic rings. The predicted molar refractivity (Wildman–Crippen MR) is 124 cm³/mol. The molecule has 2 aromatic carbocycles. The first-order valence-electron chi connectivity index (χ1n) is 10.7.